The Balaban J connectivity index is 1.84. The summed E-state index contributed by atoms with van der Waals surface area (Å²) >= 11 is 0. The second-order valence-corrected chi connectivity index (χ2v) is 8.19. The fourth-order valence-electron chi connectivity index (χ4n) is 3.78. The Hall–Kier alpha value is -1.93. The van der Waals surface area contributed by atoms with Crippen LogP contribution in [0.3, 0.4) is 0 Å². The number of sulfonamides is 1. The van der Waals surface area contributed by atoms with E-state index < -0.39 is 16.1 Å². The first kappa shape index (κ1) is 16.9. The van der Waals surface area contributed by atoms with E-state index in [9.17, 15) is 18.0 Å². The highest BCUT2D eigenvalue weighted by Gasteiger charge is 2.52. The molecule has 2 heterocycles. The van der Waals surface area contributed by atoms with Gasteiger partial charge >= 0.3 is 0 Å². The highest BCUT2D eigenvalue weighted by Crippen LogP contribution is 2.38. The fourth-order valence-corrected chi connectivity index (χ4v) is 5.32. The van der Waals surface area contributed by atoms with Crippen LogP contribution < -0.4 is 5.32 Å². The van der Waals surface area contributed by atoms with Gasteiger partial charge < -0.3 is 10.2 Å². The Bertz CT molecular complexity index is 750. The molecular weight excluding hydrogens is 330 g/mol. The molecule has 1 aromatic rings. The molecule has 0 radical (unpaired) electrons. The molecule has 8 heteroatoms. The summed E-state index contributed by atoms with van der Waals surface area (Å²) in [6.07, 6.45) is 0.491. The third-order valence-corrected chi connectivity index (χ3v) is 6.73. The van der Waals surface area contributed by atoms with E-state index in [1.54, 1.807) is 42.3 Å². The van der Waals surface area contributed by atoms with Crippen LogP contribution >= 0.6 is 0 Å². The minimum absolute atomic E-state index is 0.0188. The molecule has 2 saturated heterocycles. The van der Waals surface area contributed by atoms with E-state index in [2.05, 4.69) is 5.32 Å². The number of fused-ring (bicyclic) bond motifs is 1. The lowest BCUT2D eigenvalue weighted by molar-refractivity contribution is -0.138. The van der Waals surface area contributed by atoms with Crippen LogP contribution in [0.4, 0.5) is 0 Å². The second kappa shape index (κ2) is 6.18. The minimum Gasteiger partial charge on any atom is -0.357 e. The molecule has 0 bridgehead atoms. The van der Waals surface area contributed by atoms with Crippen molar-refractivity contribution in [2.75, 3.05) is 20.1 Å². The van der Waals surface area contributed by atoms with E-state index in [0.717, 1.165) is 0 Å². The van der Waals surface area contributed by atoms with Gasteiger partial charge in [0, 0.05) is 27.1 Å². The lowest BCUT2D eigenvalue weighted by Crippen LogP contribution is -2.49. The van der Waals surface area contributed by atoms with Crippen molar-refractivity contribution in [2.24, 2.45) is 5.92 Å². The number of amides is 2. The summed E-state index contributed by atoms with van der Waals surface area (Å²) in [4.78, 5) is 25.8. The van der Waals surface area contributed by atoms with Crippen molar-refractivity contribution in [2.45, 2.75) is 30.3 Å². The SMILES string of the molecule is CNC(=O)[C@@H]1C[C@H]2CN(S(=O)(=O)c3ccccc3)C[C@H]2N1C(C)=O. The van der Waals surface area contributed by atoms with Crippen molar-refractivity contribution in [3.63, 3.8) is 0 Å². The average molecular weight is 351 g/mol. The van der Waals surface area contributed by atoms with Crippen molar-refractivity contribution in [3.8, 4) is 0 Å². The van der Waals surface area contributed by atoms with Gasteiger partial charge in [0.2, 0.25) is 21.8 Å². The molecule has 1 N–H and O–H groups in total. The molecule has 24 heavy (non-hydrogen) atoms. The molecule has 1 aromatic carbocycles. The smallest absolute Gasteiger partial charge is 0.243 e. The fraction of sp³-hybridized carbons (Fsp3) is 0.500. The topological polar surface area (TPSA) is 86.8 Å². The van der Waals surface area contributed by atoms with Crippen molar-refractivity contribution >= 4 is 21.8 Å². The number of carbonyl (C=O) groups excluding carboxylic acids is 2. The standard InChI is InChI=1S/C16H21N3O4S/c1-11(20)19-14(16(21)17-2)8-12-9-18(10-15(12)19)24(22,23)13-6-4-3-5-7-13/h3-7,12,14-15H,8-10H2,1-2H3,(H,17,21)/t12-,14-,15+/m0/s1. The Morgan fingerprint density at radius 3 is 2.42 bits per heavy atom. The van der Waals surface area contributed by atoms with Gasteiger partial charge in [-0.15, -0.1) is 0 Å². The van der Waals surface area contributed by atoms with Gasteiger partial charge in [0.05, 0.1) is 10.9 Å². The van der Waals surface area contributed by atoms with Gasteiger partial charge in [0.1, 0.15) is 6.04 Å². The normalized spacial score (nSPS) is 27.1. The molecule has 2 amide bonds. The van der Waals surface area contributed by atoms with E-state index in [4.69, 9.17) is 0 Å². The van der Waals surface area contributed by atoms with Crippen molar-refractivity contribution in [1.82, 2.24) is 14.5 Å². The van der Waals surface area contributed by atoms with Crippen LogP contribution in [0.15, 0.2) is 35.2 Å². The number of nitrogens with zero attached hydrogens (tertiary/aromatic N) is 2. The summed E-state index contributed by atoms with van der Waals surface area (Å²) in [5.74, 6) is -0.415. The summed E-state index contributed by atoms with van der Waals surface area (Å²) in [5, 5.41) is 2.58. The Labute approximate surface area is 141 Å². The zero-order valence-electron chi connectivity index (χ0n) is 13.7. The maximum absolute atomic E-state index is 12.8. The Morgan fingerprint density at radius 2 is 1.83 bits per heavy atom. The number of carbonyl (C=O) groups is 2. The third-order valence-electron chi connectivity index (χ3n) is 4.89. The van der Waals surface area contributed by atoms with E-state index in [1.807, 2.05) is 0 Å². The highest BCUT2D eigenvalue weighted by atomic mass is 32.2. The molecule has 3 atom stereocenters. The van der Waals surface area contributed by atoms with E-state index in [1.165, 1.54) is 11.2 Å². The van der Waals surface area contributed by atoms with E-state index in [0.29, 0.717) is 13.0 Å². The molecule has 0 saturated carbocycles. The average Bonchev–Trinajstić information content (AvgIpc) is 3.12. The Morgan fingerprint density at radius 1 is 1.17 bits per heavy atom. The predicted octanol–water partition coefficient (Wildman–Crippen LogP) is 0.0425. The first-order valence-electron chi connectivity index (χ1n) is 7.92. The molecule has 2 aliphatic heterocycles. The van der Waals surface area contributed by atoms with Gasteiger partial charge in [-0.2, -0.15) is 4.31 Å². The zero-order chi connectivity index (χ0) is 17.5. The monoisotopic (exact) mass is 351 g/mol. The molecule has 0 unspecified atom stereocenters. The molecule has 0 aromatic heterocycles. The number of likely N-dealkylation sites (tertiary alicyclic amines) is 1. The molecule has 7 nitrogen and oxygen atoms in total. The lowest BCUT2D eigenvalue weighted by Gasteiger charge is -2.28. The lowest BCUT2D eigenvalue weighted by atomic mass is 10.0. The third kappa shape index (κ3) is 2.69. The first-order valence-corrected chi connectivity index (χ1v) is 9.36. The number of likely N-dealkylation sites (N-methyl/N-ethyl adjacent to an activating group) is 1. The number of hydrogen-bond acceptors (Lipinski definition) is 4. The zero-order valence-corrected chi connectivity index (χ0v) is 14.5. The van der Waals surface area contributed by atoms with Gasteiger partial charge in [-0.25, -0.2) is 8.42 Å². The highest BCUT2D eigenvalue weighted by molar-refractivity contribution is 7.89. The number of benzene rings is 1. The summed E-state index contributed by atoms with van der Waals surface area (Å²) < 4.78 is 26.9. The van der Waals surface area contributed by atoms with Gasteiger partial charge in [0.15, 0.2) is 0 Å². The quantitative estimate of drug-likeness (QED) is 0.833. The van der Waals surface area contributed by atoms with Crippen molar-refractivity contribution in [3.05, 3.63) is 30.3 Å². The molecule has 0 aliphatic carbocycles. The van der Waals surface area contributed by atoms with Crippen LogP contribution in [0.5, 0.6) is 0 Å². The molecule has 2 fully saturated rings. The summed E-state index contributed by atoms with van der Waals surface area (Å²) in [5.41, 5.74) is 0. The largest absolute Gasteiger partial charge is 0.357 e. The van der Waals surface area contributed by atoms with Crippen LogP contribution in [0, 0.1) is 5.92 Å². The Kier molecular flexibility index (Phi) is 4.35. The van der Waals surface area contributed by atoms with Crippen LogP contribution in [0.1, 0.15) is 13.3 Å². The maximum Gasteiger partial charge on any atom is 0.243 e. The van der Waals surface area contributed by atoms with E-state index >= 15 is 0 Å². The number of rotatable bonds is 3. The van der Waals surface area contributed by atoms with Gasteiger partial charge in [-0.05, 0) is 24.5 Å². The van der Waals surface area contributed by atoms with Gasteiger partial charge in [0.25, 0.3) is 0 Å². The molecule has 130 valence electrons. The molecule has 3 rings (SSSR count). The summed E-state index contributed by atoms with van der Waals surface area (Å²) in [7, 11) is -2.04. The van der Waals surface area contributed by atoms with Crippen LogP contribution in [-0.2, 0) is 19.6 Å². The first-order chi connectivity index (χ1) is 11.4. The van der Waals surface area contributed by atoms with Crippen LogP contribution in [-0.4, -0.2) is 61.7 Å². The second-order valence-electron chi connectivity index (χ2n) is 6.25. The van der Waals surface area contributed by atoms with E-state index in [-0.39, 0.29) is 35.2 Å². The molecule has 2 aliphatic rings. The predicted molar refractivity (Wildman–Crippen MR) is 87.5 cm³/mol. The summed E-state index contributed by atoms with van der Waals surface area (Å²) in [6, 6.07) is 7.52. The molecular formula is C16H21N3O4S. The van der Waals surface area contributed by atoms with Gasteiger partial charge in [-0.3, -0.25) is 9.59 Å². The summed E-state index contributed by atoms with van der Waals surface area (Å²) in [6.45, 7) is 1.99. The van der Waals surface area contributed by atoms with Gasteiger partial charge in [-0.1, -0.05) is 18.2 Å². The number of nitrogens with one attached hydrogen (secondary N) is 1. The molecule has 0 spiro atoms. The van der Waals surface area contributed by atoms with Crippen molar-refractivity contribution < 1.29 is 18.0 Å². The van der Waals surface area contributed by atoms with Crippen molar-refractivity contribution in [1.29, 1.82) is 0 Å². The maximum atomic E-state index is 12.8. The van der Waals surface area contributed by atoms with Crippen LogP contribution in [0.2, 0.25) is 0 Å². The number of hydrogen-bond donors (Lipinski definition) is 1. The van der Waals surface area contributed by atoms with Crippen LogP contribution in [0.25, 0.3) is 0 Å². The minimum atomic E-state index is -3.58.